The third-order valence-electron chi connectivity index (χ3n) is 2.46. The molecule has 3 rings (SSSR count). The highest BCUT2D eigenvalue weighted by atomic mass is 32.1. The Balaban J connectivity index is 1.67. The number of aromatic nitrogens is 5. The largest absolute Gasteiger partial charge is 0.302 e. The fraction of sp³-hybridized carbons (Fsp3) is 0.0833. The highest BCUT2D eigenvalue weighted by Crippen LogP contribution is 2.13. The van der Waals surface area contributed by atoms with Crippen LogP contribution in [0.25, 0.3) is 11.4 Å². The van der Waals surface area contributed by atoms with E-state index in [0.717, 1.165) is 5.56 Å². The highest BCUT2D eigenvalue weighted by Gasteiger charge is 2.10. The number of pyridine rings is 1. The maximum absolute atomic E-state index is 11.8. The van der Waals surface area contributed by atoms with Gasteiger partial charge in [0.25, 0.3) is 0 Å². The number of thiazole rings is 1. The number of carbonyl (C=O) groups is 1. The summed E-state index contributed by atoms with van der Waals surface area (Å²) in [7, 11) is 0. The second kappa shape index (κ2) is 5.57. The fourth-order valence-electron chi connectivity index (χ4n) is 1.60. The van der Waals surface area contributed by atoms with Gasteiger partial charge in [0, 0.05) is 29.5 Å². The zero-order chi connectivity index (χ0) is 13.8. The van der Waals surface area contributed by atoms with Gasteiger partial charge in [0.05, 0.1) is 6.42 Å². The molecule has 0 radical (unpaired) electrons. The Labute approximate surface area is 118 Å². The van der Waals surface area contributed by atoms with Gasteiger partial charge in [0.1, 0.15) is 5.82 Å². The Hall–Kier alpha value is -2.61. The lowest BCUT2D eigenvalue weighted by Crippen LogP contribution is -2.15. The minimum Gasteiger partial charge on any atom is -0.302 e. The van der Waals surface area contributed by atoms with E-state index in [1.165, 1.54) is 11.3 Å². The maximum atomic E-state index is 11.8. The normalized spacial score (nSPS) is 10.4. The first kappa shape index (κ1) is 12.4. The van der Waals surface area contributed by atoms with E-state index in [0.29, 0.717) is 16.8 Å². The molecule has 0 spiro atoms. The first-order chi connectivity index (χ1) is 9.81. The minimum absolute atomic E-state index is 0.118. The van der Waals surface area contributed by atoms with E-state index in [-0.39, 0.29) is 12.3 Å². The monoisotopic (exact) mass is 286 g/mol. The van der Waals surface area contributed by atoms with Crippen LogP contribution in [0.4, 0.5) is 5.13 Å². The lowest BCUT2D eigenvalue weighted by Gasteiger charge is -1.98. The maximum Gasteiger partial charge on any atom is 0.233 e. The number of rotatable bonds is 4. The Morgan fingerprint density at radius 1 is 1.40 bits per heavy atom. The molecule has 3 aromatic rings. The molecule has 0 bridgehead atoms. The van der Waals surface area contributed by atoms with Crippen LogP contribution in [0.2, 0.25) is 0 Å². The lowest BCUT2D eigenvalue weighted by atomic mass is 10.3. The summed E-state index contributed by atoms with van der Waals surface area (Å²) in [5.41, 5.74) is 0.801. The molecule has 0 saturated carbocycles. The standard InChI is InChI=1S/C12H10N6OS/c19-10(16-12-14-4-5-20-12)6-9-15-11(18-17-9)8-2-1-3-13-7-8/h1-5,7H,6H2,(H,14,16,19)(H,15,17,18). The van der Waals surface area contributed by atoms with E-state index < -0.39 is 0 Å². The molecule has 0 aromatic carbocycles. The van der Waals surface area contributed by atoms with Gasteiger partial charge in [0.15, 0.2) is 11.0 Å². The molecule has 20 heavy (non-hydrogen) atoms. The summed E-state index contributed by atoms with van der Waals surface area (Å²) in [6, 6.07) is 3.66. The van der Waals surface area contributed by atoms with Crippen LogP contribution in [-0.4, -0.2) is 31.1 Å². The van der Waals surface area contributed by atoms with Gasteiger partial charge < -0.3 is 5.32 Å². The van der Waals surface area contributed by atoms with Crippen LogP contribution >= 0.6 is 11.3 Å². The van der Waals surface area contributed by atoms with Crippen molar-refractivity contribution in [1.29, 1.82) is 0 Å². The molecular weight excluding hydrogens is 276 g/mol. The third-order valence-corrected chi connectivity index (χ3v) is 3.15. The van der Waals surface area contributed by atoms with E-state index in [4.69, 9.17) is 0 Å². The molecule has 0 aliphatic rings. The number of hydrogen-bond acceptors (Lipinski definition) is 6. The molecule has 0 aliphatic heterocycles. The predicted octanol–water partition coefficient (Wildman–Crippen LogP) is 1.50. The Morgan fingerprint density at radius 3 is 3.10 bits per heavy atom. The van der Waals surface area contributed by atoms with Crippen LogP contribution in [0.3, 0.4) is 0 Å². The molecule has 100 valence electrons. The van der Waals surface area contributed by atoms with E-state index in [1.807, 2.05) is 6.07 Å². The molecule has 0 fully saturated rings. The summed E-state index contributed by atoms with van der Waals surface area (Å²) < 4.78 is 0. The number of aromatic amines is 1. The van der Waals surface area contributed by atoms with Crippen molar-refractivity contribution in [1.82, 2.24) is 25.1 Å². The van der Waals surface area contributed by atoms with E-state index in [2.05, 4.69) is 30.5 Å². The molecule has 0 atom stereocenters. The highest BCUT2D eigenvalue weighted by molar-refractivity contribution is 7.13. The summed E-state index contributed by atoms with van der Waals surface area (Å²) in [6.45, 7) is 0. The van der Waals surface area contributed by atoms with Gasteiger partial charge in [-0.2, -0.15) is 5.10 Å². The first-order valence-corrected chi connectivity index (χ1v) is 6.70. The summed E-state index contributed by atoms with van der Waals surface area (Å²) in [5.74, 6) is 0.835. The summed E-state index contributed by atoms with van der Waals surface area (Å²) >= 11 is 1.37. The molecule has 3 heterocycles. The van der Waals surface area contributed by atoms with E-state index in [1.54, 1.807) is 30.0 Å². The zero-order valence-corrected chi connectivity index (χ0v) is 11.1. The molecule has 0 unspecified atom stereocenters. The molecule has 7 nitrogen and oxygen atoms in total. The van der Waals surface area contributed by atoms with E-state index >= 15 is 0 Å². The third kappa shape index (κ3) is 2.86. The van der Waals surface area contributed by atoms with Gasteiger partial charge in [-0.15, -0.1) is 11.3 Å². The summed E-state index contributed by atoms with van der Waals surface area (Å²) in [5, 5.41) is 11.9. The molecule has 8 heteroatoms. The predicted molar refractivity (Wildman–Crippen MR) is 74.1 cm³/mol. The molecule has 0 saturated heterocycles. The van der Waals surface area contributed by atoms with Gasteiger partial charge >= 0.3 is 0 Å². The number of nitrogens with zero attached hydrogens (tertiary/aromatic N) is 4. The van der Waals surface area contributed by atoms with Crippen LogP contribution < -0.4 is 5.32 Å². The van der Waals surface area contributed by atoms with Crippen molar-refractivity contribution in [3.63, 3.8) is 0 Å². The molecule has 1 amide bonds. The van der Waals surface area contributed by atoms with Crippen LogP contribution in [0.1, 0.15) is 5.82 Å². The zero-order valence-electron chi connectivity index (χ0n) is 10.3. The SMILES string of the molecule is O=C(Cc1nc(-c2cccnc2)n[nH]1)Nc1nccs1. The fourth-order valence-corrected chi connectivity index (χ4v) is 2.14. The van der Waals surface area contributed by atoms with Crippen LogP contribution in [0, 0.1) is 0 Å². The lowest BCUT2D eigenvalue weighted by molar-refractivity contribution is -0.115. The number of amides is 1. The van der Waals surface area contributed by atoms with Crippen molar-refractivity contribution >= 4 is 22.4 Å². The quantitative estimate of drug-likeness (QED) is 0.757. The van der Waals surface area contributed by atoms with Crippen molar-refractivity contribution in [3.8, 4) is 11.4 Å². The second-order valence-corrected chi connectivity index (χ2v) is 4.80. The summed E-state index contributed by atoms with van der Waals surface area (Å²) in [4.78, 5) is 24.0. The Bertz CT molecular complexity index is 694. The second-order valence-electron chi connectivity index (χ2n) is 3.91. The average molecular weight is 286 g/mol. The van der Waals surface area contributed by atoms with Gasteiger partial charge in [0.2, 0.25) is 5.91 Å². The van der Waals surface area contributed by atoms with Crippen molar-refractivity contribution in [2.75, 3.05) is 5.32 Å². The van der Waals surface area contributed by atoms with Crippen LogP contribution in [0.15, 0.2) is 36.1 Å². The average Bonchev–Trinajstić information content (AvgIpc) is 3.11. The van der Waals surface area contributed by atoms with Crippen molar-refractivity contribution in [3.05, 3.63) is 41.9 Å². The van der Waals surface area contributed by atoms with Crippen molar-refractivity contribution < 1.29 is 4.79 Å². The number of H-pyrrole nitrogens is 1. The van der Waals surface area contributed by atoms with Crippen LogP contribution in [-0.2, 0) is 11.2 Å². The van der Waals surface area contributed by atoms with Gasteiger partial charge in [-0.1, -0.05) is 0 Å². The number of nitrogens with one attached hydrogen (secondary N) is 2. The van der Waals surface area contributed by atoms with Gasteiger partial charge in [-0.3, -0.25) is 14.9 Å². The smallest absolute Gasteiger partial charge is 0.233 e. The number of hydrogen-bond donors (Lipinski definition) is 2. The van der Waals surface area contributed by atoms with Gasteiger partial charge in [-0.25, -0.2) is 9.97 Å². The summed E-state index contributed by atoms with van der Waals surface area (Å²) in [6.07, 6.45) is 5.10. The Kier molecular flexibility index (Phi) is 3.46. The van der Waals surface area contributed by atoms with Crippen molar-refractivity contribution in [2.45, 2.75) is 6.42 Å². The molecule has 2 N–H and O–H groups in total. The molecular formula is C12H10N6OS. The topological polar surface area (TPSA) is 96.5 Å². The molecule has 0 aliphatic carbocycles. The Morgan fingerprint density at radius 2 is 2.35 bits per heavy atom. The van der Waals surface area contributed by atoms with Gasteiger partial charge in [-0.05, 0) is 12.1 Å². The minimum atomic E-state index is -0.186. The number of carbonyl (C=O) groups excluding carboxylic acids is 1. The number of anilines is 1. The van der Waals surface area contributed by atoms with E-state index in [9.17, 15) is 4.79 Å². The first-order valence-electron chi connectivity index (χ1n) is 5.82. The van der Waals surface area contributed by atoms with Crippen molar-refractivity contribution in [2.24, 2.45) is 0 Å². The molecule has 3 aromatic heterocycles. The van der Waals surface area contributed by atoms with Crippen LogP contribution in [0.5, 0.6) is 0 Å².